The second kappa shape index (κ2) is 20.4. The molecule has 0 amide bonds. The number of carbonyl (C=O) groups is 4. The Morgan fingerprint density at radius 2 is 1.42 bits per heavy atom. The zero-order valence-corrected chi connectivity index (χ0v) is 25.6. The zero-order chi connectivity index (χ0) is 31.5. The average Bonchev–Trinajstić information content (AvgIpc) is 2.98. The lowest BCUT2D eigenvalue weighted by molar-refractivity contribution is -0.152. The molecule has 1 aliphatic rings. The van der Waals surface area contributed by atoms with E-state index in [0.717, 1.165) is 57.8 Å². The van der Waals surface area contributed by atoms with Crippen LogP contribution in [-0.2, 0) is 34.9 Å². The van der Waals surface area contributed by atoms with E-state index in [0.29, 0.717) is 18.4 Å². The monoisotopic (exact) mass is 609 g/mol. The van der Waals surface area contributed by atoms with Crippen LogP contribution in [-0.4, -0.2) is 62.5 Å². The molecule has 0 radical (unpaired) electrons. The second-order valence-corrected chi connectivity index (χ2v) is 10.6. The van der Waals surface area contributed by atoms with Gasteiger partial charge in [-0.3, -0.25) is 4.79 Å². The van der Waals surface area contributed by atoms with Crippen LogP contribution in [0.5, 0.6) is 11.5 Å². The first-order chi connectivity index (χ1) is 20.7. The molecule has 1 aliphatic carbocycles. The maximum absolute atomic E-state index is 12.6. The third-order valence-corrected chi connectivity index (χ3v) is 6.66. The van der Waals surface area contributed by atoms with E-state index < -0.39 is 36.6 Å². The highest BCUT2D eigenvalue weighted by Crippen LogP contribution is 2.30. The lowest BCUT2D eigenvalue weighted by atomic mass is 9.98. The summed E-state index contributed by atoms with van der Waals surface area (Å²) in [6.07, 6.45) is 6.33. The number of hydrogen-bond acceptors (Lipinski definition) is 12. The van der Waals surface area contributed by atoms with Crippen molar-refractivity contribution in [1.29, 1.82) is 0 Å². The summed E-state index contributed by atoms with van der Waals surface area (Å²) in [6.45, 7) is 5.83. The van der Waals surface area contributed by atoms with Gasteiger partial charge in [-0.25, -0.2) is 14.4 Å². The van der Waals surface area contributed by atoms with Crippen LogP contribution < -0.4 is 15.2 Å². The van der Waals surface area contributed by atoms with Gasteiger partial charge in [0, 0.05) is 0 Å². The third-order valence-electron chi connectivity index (χ3n) is 6.66. The van der Waals surface area contributed by atoms with Crippen LogP contribution in [0, 0.1) is 0 Å². The van der Waals surface area contributed by atoms with Gasteiger partial charge < -0.3 is 38.9 Å². The standard InChI is InChI=1S/C31H47NO11/c1-4-6-11-17-37-29(34)42-26-16-15-23(20-27(26)43-30(35)38-18-12-7-5-2)19-25(32)28(33)40-22(3)21-39-31(36)41-24-13-9-8-10-14-24/h15-16,20,22,24-25H,4-14,17-19,21,32H2,1-3H3/t22-,25-/m0/s1. The molecule has 2 N–H and O–H groups in total. The number of esters is 1. The number of hydrogen-bond donors (Lipinski definition) is 1. The molecule has 1 aromatic rings. The van der Waals surface area contributed by atoms with Crippen molar-refractivity contribution in [3.8, 4) is 11.5 Å². The highest BCUT2D eigenvalue weighted by Gasteiger charge is 2.23. The van der Waals surface area contributed by atoms with Crippen molar-refractivity contribution in [2.24, 2.45) is 5.73 Å². The molecule has 1 aromatic carbocycles. The van der Waals surface area contributed by atoms with Gasteiger partial charge in [0.2, 0.25) is 0 Å². The summed E-state index contributed by atoms with van der Waals surface area (Å²) in [4.78, 5) is 49.0. The molecule has 2 atom stereocenters. The summed E-state index contributed by atoms with van der Waals surface area (Å²) in [7, 11) is 0. The SMILES string of the molecule is CCCCCOC(=O)Oc1ccc(C[C@H](N)C(=O)O[C@@H](C)COC(=O)OC2CCCCC2)cc1OC(=O)OCCCCC. The molecule has 0 unspecified atom stereocenters. The zero-order valence-electron chi connectivity index (χ0n) is 25.6. The van der Waals surface area contributed by atoms with Gasteiger partial charge in [-0.15, -0.1) is 0 Å². The minimum absolute atomic E-state index is 0.0137. The van der Waals surface area contributed by atoms with Gasteiger partial charge in [0.15, 0.2) is 11.5 Å². The van der Waals surface area contributed by atoms with E-state index in [-0.39, 0.29) is 43.8 Å². The van der Waals surface area contributed by atoms with Gasteiger partial charge in [-0.2, -0.15) is 0 Å². The fourth-order valence-corrected chi connectivity index (χ4v) is 4.29. The maximum Gasteiger partial charge on any atom is 0.513 e. The van der Waals surface area contributed by atoms with Crippen molar-refractivity contribution in [2.75, 3.05) is 19.8 Å². The summed E-state index contributed by atoms with van der Waals surface area (Å²) in [5.74, 6) is -0.871. The van der Waals surface area contributed by atoms with Crippen LogP contribution in [0.25, 0.3) is 0 Å². The van der Waals surface area contributed by atoms with Crippen molar-refractivity contribution >= 4 is 24.4 Å². The second-order valence-electron chi connectivity index (χ2n) is 10.6. The Balaban J connectivity index is 1.93. The van der Waals surface area contributed by atoms with Crippen molar-refractivity contribution in [3.63, 3.8) is 0 Å². The van der Waals surface area contributed by atoms with E-state index in [1.807, 2.05) is 13.8 Å². The molecular formula is C31H47NO11. The van der Waals surface area contributed by atoms with E-state index in [2.05, 4.69) is 0 Å². The molecule has 2 rings (SSSR count). The number of benzene rings is 1. The van der Waals surface area contributed by atoms with E-state index in [9.17, 15) is 19.2 Å². The third kappa shape index (κ3) is 15.0. The molecule has 1 fully saturated rings. The minimum Gasteiger partial charge on any atom is -0.458 e. The Morgan fingerprint density at radius 1 is 0.814 bits per heavy atom. The largest absolute Gasteiger partial charge is 0.513 e. The molecule has 1 saturated carbocycles. The molecule has 12 nitrogen and oxygen atoms in total. The Hall–Kier alpha value is -3.54. The molecule has 0 bridgehead atoms. The molecule has 0 aromatic heterocycles. The van der Waals surface area contributed by atoms with Crippen molar-refractivity contribution in [3.05, 3.63) is 23.8 Å². The Morgan fingerprint density at radius 3 is 2.02 bits per heavy atom. The number of nitrogens with two attached hydrogens (primary N) is 1. The molecule has 242 valence electrons. The van der Waals surface area contributed by atoms with Crippen molar-refractivity contribution in [2.45, 2.75) is 116 Å². The van der Waals surface area contributed by atoms with Crippen LogP contribution in [0.3, 0.4) is 0 Å². The molecule has 0 spiro atoms. The van der Waals surface area contributed by atoms with Crippen LogP contribution in [0.4, 0.5) is 14.4 Å². The quantitative estimate of drug-likeness (QED) is 0.0899. The first kappa shape index (κ1) is 35.7. The normalized spacial score (nSPS) is 14.6. The Kier molecular flexibility index (Phi) is 16.9. The van der Waals surface area contributed by atoms with E-state index in [1.165, 1.54) is 12.1 Å². The number of rotatable bonds is 17. The topological polar surface area (TPSA) is 159 Å². The first-order valence-corrected chi connectivity index (χ1v) is 15.3. The summed E-state index contributed by atoms with van der Waals surface area (Å²) >= 11 is 0. The predicted molar refractivity (Wildman–Crippen MR) is 156 cm³/mol. The van der Waals surface area contributed by atoms with Gasteiger partial charge in [0.1, 0.15) is 24.9 Å². The van der Waals surface area contributed by atoms with Crippen molar-refractivity contribution < 1.29 is 52.3 Å². The summed E-state index contributed by atoms with van der Waals surface area (Å²) in [6, 6.07) is 3.32. The predicted octanol–water partition coefficient (Wildman–Crippen LogP) is 6.39. The van der Waals surface area contributed by atoms with Crippen LogP contribution >= 0.6 is 0 Å². The number of ether oxygens (including phenoxy) is 7. The van der Waals surface area contributed by atoms with Gasteiger partial charge >= 0.3 is 24.4 Å². The molecule has 0 saturated heterocycles. The average molecular weight is 610 g/mol. The first-order valence-electron chi connectivity index (χ1n) is 15.3. The van der Waals surface area contributed by atoms with E-state index in [1.54, 1.807) is 13.0 Å². The summed E-state index contributed by atoms with van der Waals surface area (Å²) in [5.41, 5.74) is 6.58. The van der Waals surface area contributed by atoms with E-state index in [4.69, 9.17) is 38.9 Å². The fraction of sp³-hybridized carbons (Fsp3) is 0.677. The summed E-state index contributed by atoms with van der Waals surface area (Å²) in [5, 5.41) is 0. The van der Waals surface area contributed by atoms with Gasteiger partial charge in [0.05, 0.1) is 13.2 Å². The molecular weight excluding hydrogens is 562 g/mol. The molecule has 0 heterocycles. The lowest BCUT2D eigenvalue weighted by Gasteiger charge is -2.22. The minimum atomic E-state index is -1.08. The molecule has 12 heteroatoms. The van der Waals surface area contributed by atoms with Gasteiger partial charge in [-0.05, 0) is 69.6 Å². The smallest absolute Gasteiger partial charge is 0.458 e. The lowest BCUT2D eigenvalue weighted by Crippen LogP contribution is -2.37. The van der Waals surface area contributed by atoms with Crippen LogP contribution in [0.1, 0.15) is 97.0 Å². The number of unbranched alkanes of at least 4 members (excludes halogenated alkanes) is 4. The van der Waals surface area contributed by atoms with Crippen molar-refractivity contribution in [1.82, 2.24) is 0 Å². The fourth-order valence-electron chi connectivity index (χ4n) is 4.29. The Labute approximate surface area is 253 Å². The maximum atomic E-state index is 12.6. The van der Waals surface area contributed by atoms with Gasteiger partial charge in [0.25, 0.3) is 0 Å². The summed E-state index contributed by atoms with van der Waals surface area (Å²) < 4.78 is 36.5. The van der Waals surface area contributed by atoms with Crippen LogP contribution in [0.2, 0.25) is 0 Å². The highest BCUT2D eigenvalue weighted by molar-refractivity contribution is 5.76. The van der Waals surface area contributed by atoms with Gasteiger partial charge in [-0.1, -0.05) is 52.0 Å². The number of carbonyl (C=O) groups excluding carboxylic acids is 4. The van der Waals surface area contributed by atoms with E-state index >= 15 is 0 Å². The Bertz CT molecular complexity index is 1010. The molecule has 0 aliphatic heterocycles. The molecule has 43 heavy (non-hydrogen) atoms. The highest BCUT2D eigenvalue weighted by atomic mass is 16.7. The van der Waals surface area contributed by atoms with Crippen LogP contribution in [0.15, 0.2) is 18.2 Å².